The van der Waals surface area contributed by atoms with Crippen LogP contribution in [0, 0.1) is 17.3 Å². The van der Waals surface area contributed by atoms with Crippen molar-refractivity contribution in [1.29, 1.82) is 0 Å². The number of hydrogen-bond donors (Lipinski definition) is 0. The van der Waals surface area contributed by atoms with Crippen LogP contribution in [0.3, 0.4) is 0 Å². The second-order valence-corrected chi connectivity index (χ2v) is 7.95. The molecule has 2 unspecified atom stereocenters. The molecule has 0 fully saturated rings. The van der Waals surface area contributed by atoms with Gasteiger partial charge in [-0.05, 0) is 51.9 Å². The van der Waals surface area contributed by atoms with Crippen LogP contribution in [0.1, 0.15) is 93.4 Å². The van der Waals surface area contributed by atoms with Gasteiger partial charge in [0.1, 0.15) is 0 Å². The Hall–Kier alpha value is -1.06. The van der Waals surface area contributed by atoms with Crippen molar-refractivity contribution < 1.29 is 19.1 Å². The minimum atomic E-state index is -0.778. The van der Waals surface area contributed by atoms with E-state index in [-0.39, 0.29) is 11.9 Å². The van der Waals surface area contributed by atoms with E-state index in [1.807, 2.05) is 13.8 Å². The van der Waals surface area contributed by atoms with Crippen molar-refractivity contribution in [2.45, 2.75) is 99.5 Å². The van der Waals surface area contributed by atoms with Crippen molar-refractivity contribution in [3.05, 3.63) is 0 Å². The van der Waals surface area contributed by atoms with Gasteiger partial charge in [0.05, 0.1) is 12.0 Å². The first-order valence-corrected chi connectivity index (χ1v) is 10.1. The molecule has 0 aromatic heterocycles. The Morgan fingerprint density at radius 3 is 2.12 bits per heavy atom. The first-order valence-electron chi connectivity index (χ1n) is 10.1. The van der Waals surface area contributed by atoms with Gasteiger partial charge in [-0.2, -0.15) is 0 Å². The highest BCUT2D eigenvalue weighted by atomic mass is 16.6. The van der Waals surface area contributed by atoms with E-state index in [0.717, 1.165) is 38.5 Å². The van der Waals surface area contributed by atoms with Crippen LogP contribution >= 0.6 is 0 Å². The molecule has 0 spiro atoms. The summed E-state index contributed by atoms with van der Waals surface area (Å²) < 4.78 is 10.8. The average Bonchev–Trinajstić information content (AvgIpc) is 2.54. The lowest BCUT2D eigenvalue weighted by molar-refractivity contribution is -0.176. The number of unbranched alkanes of at least 4 members (excludes halogenated alkanes) is 3. The summed E-state index contributed by atoms with van der Waals surface area (Å²) in [5.74, 6) is 0.0588. The van der Waals surface area contributed by atoms with E-state index < -0.39 is 17.5 Å². The molecule has 25 heavy (non-hydrogen) atoms. The highest BCUT2D eigenvalue weighted by molar-refractivity contribution is 5.82. The van der Waals surface area contributed by atoms with Gasteiger partial charge in [-0.25, -0.2) is 4.79 Å². The van der Waals surface area contributed by atoms with Gasteiger partial charge >= 0.3 is 11.9 Å². The Kier molecular flexibility index (Phi) is 11.8. The van der Waals surface area contributed by atoms with Crippen LogP contribution in [0.25, 0.3) is 0 Å². The van der Waals surface area contributed by atoms with E-state index in [9.17, 15) is 9.59 Å². The average molecular weight is 357 g/mol. The molecule has 0 aromatic rings. The van der Waals surface area contributed by atoms with Crippen LogP contribution in [0.2, 0.25) is 0 Å². The molecular formula is C21H40O4. The van der Waals surface area contributed by atoms with Crippen LogP contribution in [0.15, 0.2) is 0 Å². The maximum Gasteiger partial charge on any atom is 0.347 e. The van der Waals surface area contributed by atoms with E-state index in [4.69, 9.17) is 9.47 Å². The van der Waals surface area contributed by atoms with Gasteiger partial charge in [0, 0.05) is 0 Å². The lowest BCUT2D eigenvalue weighted by Crippen LogP contribution is -2.39. The monoisotopic (exact) mass is 356 g/mol. The molecule has 0 amide bonds. The second-order valence-electron chi connectivity index (χ2n) is 7.95. The summed E-state index contributed by atoms with van der Waals surface area (Å²) >= 11 is 0. The molecule has 4 heteroatoms. The quantitative estimate of drug-likeness (QED) is 0.321. The minimum absolute atomic E-state index is 0.239. The number of hydrogen-bond acceptors (Lipinski definition) is 4. The minimum Gasteiger partial charge on any atom is -0.463 e. The third-order valence-corrected chi connectivity index (χ3v) is 4.91. The van der Waals surface area contributed by atoms with Crippen LogP contribution in [-0.2, 0) is 19.1 Å². The predicted molar refractivity (Wildman–Crippen MR) is 102 cm³/mol. The Morgan fingerprint density at radius 2 is 1.64 bits per heavy atom. The van der Waals surface area contributed by atoms with Crippen molar-refractivity contribution in [3.63, 3.8) is 0 Å². The van der Waals surface area contributed by atoms with Crippen LogP contribution < -0.4 is 0 Å². The third-order valence-electron chi connectivity index (χ3n) is 4.91. The molecule has 0 bridgehead atoms. The molecule has 0 aliphatic heterocycles. The summed E-state index contributed by atoms with van der Waals surface area (Å²) in [6.07, 6.45) is 5.82. The lowest BCUT2D eigenvalue weighted by Gasteiger charge is -2.33. The third kappa shape index (κ3) is 8.73. The van der Waals surface area contributed by atoms with Gasteiger partial charge in [-0.1, -0.05) is 53.4 Å². The fourth-order valence-electron chi connectivity index (χ4n) is 3.20. The Morgan fingerprint density at radius 1 is 1.00 bits per heavy atom. The fourth-order valence-corrected chi connectivity index (χ4v) is 3.20. The van der Waals surface area contributed by atoms with Gasteiger partial charge < -0.3 is 9.47 Å². The molecule has 0 saturated heterocycles. The summed E-state index contributed by atoms with van der Waals surface area (Å²) in [4.78, 5) is 25.0. The molecule has 0 saturated carbocycles. The summed E-state index contributed by atoms with van der Waals surface area (Å²) in [7, 11) is 0. The van der Waals surface area contributed by atoms with Crippen molar-refractivity contribution in [3.8, 4) is 0 Å². The summed E-state index contributed by atoms with van der Waals surface area (Å²) in [6, 6.07) is 0. The van der Waals surface area contributed by atoms with Crippen molar-refractivity contribution in [1.82, 2.24) is 0 Å². The normalized spacial score (nSPS) is 14.2. The number of ether oxygens (including phenoxy) is 2. The zero-order valence-electron chi connectivity index (χ0n) is 17.5. The van der Waals surface area contributed by atoms with E-state index in [2.05, 4.69) is 27.7 Å². The van der Waals surface area contributed by atoms with Gasteiger partial charge in [0.15, 0.2) is 6.10 Å². The summed E-state index contributed by atoms with van der Waals surface area (Å²) in [5.41, 5.74) is -0.604. The van der Waals surface area contributed by atoms with Crippen molar-refractivity contribution >= 4 is 11.9 Å². The lowest BCUT2D eigenvalue weighted by atomic mass is 9.73. The van der Waals surface area contributed by atoms with Crippen LogP contribution in [-0.4, -0.2) is 24.6 Å². The fraction of sp³-hybridized carbons (Fsp3) is 0.905. The van der Waals surface area contributed by atoms with Crippen molar-refractivity contribution in [2.24, 2.45) is 17.3 Å². The molecule has 0 heterocycles. The number of esters is 2. The van der Waals surface area contributed by atoms with Crippen molar-refractivity contribution in [2.75, 3.05) is 6.61 Å². The molecule has 0 rings (SSSR count). The Bertz CT molecular complexity index is 387. The van der Waals surface area contributed by atoms with E-state index >= 15 is 0 Å². The van der Waals surface area contributed by atoms with Gasteiger partial charge in [0.2, 0.25) is 0 Å². The molecule has 4 nitrogen and oxygen atoms in total. The second kappa shape index (κ2) is 12.3. The standard InChI is InChI=1S/C21H40O4/c1-8-11-12-13-14-18(19(22)24-10-3)25-20(23)21(6,7)17(9-2)15-16(4)5/h16-18H,8-15H2,1-7H3. The highest BCUT2D eigenvalue weighted by Gasteiger charge is 2.39. The number of carbonyl (C=O) groups is 2. The molecule has 0 aliphatic rings. The summed E-state index contributed by atoms with van der Waals surface area (Å²) in [5, 5.41) is 0. The van der Waals surface area contributed by atoms with Crippen LogP contribution in [0.4, 0.5) is 0 Å². The first-order chi connectivity index (χ1) is 11.7. The van der Waals surface area contributed by atoms with Crippen LogP contribution in [0.5, 0.6) is 0 Å². The zero-order chi connectivity index (χ0) is 19.5. The molecule has 2 atom stereocenters. The largest absolute Gasteiger partial charge is 0.463 e. The van der Waals surface area contributed by atoms with Gasteiger partial charge in [-0.3, -0.25) is 4.79 Å². The Balaban J connectivity index is 4.98. The predicted octanol–water partition coefficient (Wildman–Crippen LogP) is 5.53. The SMILES string of the molecule is CCCCCCC(OC(=O)C(C)(C)C(CC)CC(C)C)C(=O)OCC. The summed E-state index contributed by atoms with van der Waals surface area (Å²) in [6.45, 7) is 14.5. The maximum atomic E-state index is 12.8. The van der Waals surface area contributed by atoms with Gasteiger partial charge in [0.25, 0.3) is 0 Å². The van der Waals surface area contributed by atoms with E-state index in [1.54, 1.807) is 6.92 Å². The molecule has 0 aromatic carbocycles. The molecule has 0 N–H and O–H groups in total. The highest BCUT2D eigenvalue weighted by Crippen LogP contribution is 2.36. The maximum absolute atomic E-state index is 12.8. The topological polar surface area (TPSA) is 52.6 Å². The molecule has 0 radical (unpaired) electrons. The molecule has 148 valence electrons. The van der Waals surface area contributed by atoms with E-state index in [0.29, 0.717) is 18.9 Å². The smallest absolute Gasteiger partial charge is 0.347 e. The number of carbonyl (C=O) groups excluding carboxylic acids is 2. The number of rotatable bonds is 13. The Labute approximate surface area is 155 Å². The van der Waals surface area contributed by atoms with E-state index in [1.165, 1.54) is 0 Å². The molecule has 0 aliphatic carbocycles. The van der Waals surface area contributed by atoms with Gasteiger partial charge in [-0.15, -0.1) is 0 Å². The first kappa shape index (κ1) is 23.9. The molecular weight excluding hydrogens is 316 g/mol. The zero-order valence-corrected chi connectivity index (χ0v) is 17.5.